The van der Waals surface area contributed by atoms with Crippen LogP contribution in [0.2, 0.25) is 0 Å². The number of halogens is 1. The van der Waals surface area contributed by atoms with Crippen molar-refractivity contribution in [2.75, 3.05) is 5.75 Å². The van der Waals surface area contributed by atoms with Gasteiger partial charge < -0.3 is 5.11 Å². The minimum atomic E-state index is -0.943. The predicted octanol–water partition coefficient (Wildman–Crippen LogP) is 1.12. The molecule has 2 unspecified atom stereocenters. The van der Waals surface area contributed by atoms with Crippen LogP contribution in [0.25, 0.3) is 0 Å². The number of hydrogen-bond acceptors (Lipinski definition) is 2. The second-order valence-electron chi connectivity index (χ2n) is 2.76. The summed E-state index contributed by atoms with van der Waals surface area (Å²) < 4.78 is 12.5. The van der Waals surface area contributed by atoms with Gasteiger partial charge in [0.15, 0.2) is 0 Å². The average molecular weight is 164 g/mol. The summed E-state index contributed by atoms with van der Waals surface area (Å²) in [5.41, 5.74) is -0.630. The number of aliphatic carboxylic acids is 1. The van der Waals surface area contributed by atoms with Gasteiger partial charge in [0.2, 0.25) is 0 Å². The number of thiol groups is 1. The summed E-state index contributed by atoms with van der Waals surface area (Å²) in [6.07, 6.45) is -0.665. The van der Waals surface area contributed by atoms with Crippen LogP contribution in [0.5, 0.6) is 0 Å². The van der Waals surface area contributed by atoms with Gasteiger partial charge in [-0.2, -0.15) is 12.6 Å². The molecular weight excluding hydrogens is 155 g/mol. The molecule has 0 saturated heterocycles. The van der Waals surface area contributed by atoms with Crippen LogP contribution < -0.4 is 0 Å². The van der Waals surface area contributed by atoms with Gasteiger partial charge in [-0.15, -0.1) is 0 Å². The molecule has 0 aromatic carbocycles. The topological polar surface area (TPSA) is 37.3 Å². The highest BCUT2D eigenvalue weighted by Crippen LogP contribution is 2.52. The van der Waals surface area contributed by atoms with E-state index in [4.69, 9.17) is 5.11 Å². The summed E-state index contributed by atoms with van der Waals surface area (Å²) in [6, 6.07) is 0. The van der Waals surface area contributed by atoms with Gasteiger partial charge in [0.25, 0.3) is 0 Å². The molecule has 0 aromatic rings. The van der Waals surface area contributed by atoms with Crippen LogP contribution >= 0.6 is 12.6 Å². The van der Waals surface area contributed by atoms with E-state index in [-0.39, 0.29) is 6.42 Å². The fraction of sp³-hybridized carbons (Fsp3) is 0.833. The van der Waals surface area contributed by atoms with Crippen molar-refractivity contribution in [3.8, 4) is 0 Å². The zero-order chi connectivity index (χ0) is 7.78. The molecule has 2 atom stereocenters. The zero-order valence-corrected chi connectivity index (χ0v) is 6.27. The lowest BCUT2D eigenvalue weighted by molar-refractivity contribution is -0.138. The number of carboxylic acid groups (broad SMARTS) is 1. The monoisotopic (exact) mass is 164 g/mol. The number of hydrogen-bond donors (Lipinski definition) is 2. The zero-order valence-electron chi connectivity index (χ0n) is 5.38. The molecule has 2 nitrogen and oxygen atoms in total. The summed E-state index contributed by atoms with van der Waals surface area (Å²) in [5.74, 6) is -0.602. The Balaban J connectivity index is 2.45. The van der Waals surface area contributed by atoms with E-state index in [1.54, 1.807) is 0 Å². The molecule has 1 aliphatic rings. The minimum absolute atomic E-state index is 0.0856. The molecule has 0 heterocycles. The van der Waals surface area contributed by atoms with E-state index in [1.807, 2.05) is 0 Å². The first kappa shape index (κ1) is 7.85. The first-order chi connectivity index (χ1) is 4.60. The molecular formula is C6H9FO2S. The first-order valence-corrected chi connectivity index (χ1v) is 3.71. The second kappa shape index (κ2) is 2.42. The lowest BCUT2D eigenvalue weighted by atomic mass is 10.1. The highest BCUT2D eigenvalue weighted by Gasteiger charge is 2.55. The standard InChI is InChI=1S/C6H9FO2S/c7-4-1-6(4,3-10)2-5(8)9/h4,10H,1-3H2,(H,8,9). The maximum absolute atomic E-state index is 12.5. The van der Waals surface area contributed by atoms with Gasteiger partial charge in [0, 0.05) is 5.41 Å². The molecule has 58 valence electrons. The van der Waals surface area contributed by atoms with Crippen molar-refractivity contribution in [1.82, 2.24) is 0 Å². The van der Waals surface area contributed by atoms with Gasteiger partial charge in [-0.25, -0.2) is 4.39 Å². The SMILES string of the molecule is O=C(O)CC1(CS)CC1F. The van der Waals surface area contributed by atoms with Crippen molar-refractivity contribution in [2.24, 2.45) is 5.41 Å². The number of carbonyl (C=O) groups is 1. The van der Waals surface area contributed by atoms with Gasteiger partial charge in [0.1, 0.15) is 6.17 Å². The van der Waals surface area contributed by atoms with E-state index >= 15 is 0 Å². The van der Waals surface area contributed by atoms with Crippen molar-refractivity contribution in [1.29, 1.82) is 0 Å². The number of carboxylic acids is 1. The Kier molecular flexibility index (Phi) is 1.90. The first-order valence-electron chi connectivity index (χ1n) is 3.07. The van der Waals surface area contributed by atoms with Crippen LogP contribution in [0.3, 0.4) is 0 Å². The van der Waals surface area contributed by atoms with E-state index in [9.17, 15) is 9.18 Å². The Hall–Kier alpha value is -0.250. The number of alkyl halides is 1. The van der Waals surface area contributed by atoms with Gasteiger partial charge in [-0.1, -0.05) is 0 Å². The summed E-state index contributed by atoms with van der Waals surface area (Å²) in [6.45, 7) is 0. The molecule has 1 saturated carbocycles. The van der Waals surface area contributed by atoms with E-state index in [1.165, 1.54) is 0 Å². The molecule has 0 amide bonds. The minimum Gasteiger partial charge on any atom is -0.481 e. The lowest BCUT2D eigenvalue weighted by Crippen LogP contribution is -2.13. The van der Waals surface area contributed by atoms with Crippen molar-refractivity contribution in [3.63, 3.8) is 0 Å². The molecule has 0 bridgehead atoms. The van der Waals surface area contributed by atoms with E-state index < -0.39 is 17.6 Å². The summed E-state index contributed by atoms with van der Waals surface area (Å²) in [7, 11) is 0. The van der Waals surface area contributed by atoms with E-state index in [2.05, 4.69) is 12.6 Å². The van der Waals surface area contributed by atoms with Crippen molar-refractivity contribution in [2.45, 2.75) is 19.0 Å². The predicted molar refractivity (Wildman–Crippen MR) is 38.1 cm³/mol. The van der Waals surface area contributed by atoms with Crippen LogP contribution in [-0.4, -0.2) is 23.0 Å². The molecule has 4 heteroatoms. The second-order valence-corrected chi connectivity index (χ2v) is 3.08. The smallest absolute Gasteiger partial charge is 0.304 e. The molecule has 0 radical (unpaired) electrons. The largest absolute Gasteiger partial charge is 0.481 e. The third-order valence-electron chi connectivity index (χ3n) is 1.91. The van der Waals surface area contributed by atoms with Crippen LogP contribution in [0.4, 0.5) is 4.39 Å². The molecule has 10 heavy (non-hydrogen) atoms. The van der Waals surface area contributed by atoms with Crippen molar-refractivity contribution < 1.29 is 14.3 Å². The van der Waals surface area contributed by atoms with E-state index in [0.717, 1.165) is 0 Å². The molecule has 0 aliphatic heterocycles. The van der Waals surface area contributed by atoms with Gasteiger partial charge in [-0.05, 0) is 12.2 Å². The van der Waals surface area contributed by atoms with Crippen molar-refractivity contribution >= 4 is 18.6 Å². The van der Waals surface area contributed by atoms with Gasteiger partial charge in [0.05, 0.1) is 6.42 Å². The third kappa shape index (κ3) is 1.26. The Labute approximate surface area is 63.8 Å². The molecule has 0 spiro atoms. The quantitative estimate of drug-likeness (QED) is 0.613. The molecule has 1 fully saturated rings. The molecule has 1 aliphatic carbocycles. The summed E-state index contributed by atoms with van der Waals surface area (Å²) >= 11 is 3.89. The fourth-order valence-corrected chi connectivity index (χ4v) is 1.44. The Bertz CT molecular complexity index is 158. The summed E-state index contributed by atoms with van der Waals surface area (Å²) in [5, 5.41) is 8.34. The maximum Gasteiger partial charge on any atom is 0.304 e. The normalized spacial score (nSPS) is 37.6. The Morgan fingerprint density at radius 1 is 1.90 bits per heavy atom. The lowest BCUT2D eigenvalue weighted by Gasteiger charge is -2.06. The number of rotatable bonds is 3. The maximum atomic E-state index is 12.5. The van der Waals surface area contributed by atoms with Crippen LogP contribution in [-0.2, 0) is 4.79 Å². The van der Waals surface area contributed by atoms with E-state index in [0.29, 0.717) is 12.2 Å². The van der Waals surface area contributed by atoms with Crippen LogP contribution in [0.1, 0.15) is 12.8 Å². The Morgan fingerprint density at radius 3 is 2.50 bits per heavy atom. The van der Waals surface area contributed by atoms with Crippen LogP contribution in [0.15, 0.2) is 0 Å². The van der Waals surface area contributed by atoms with Gasteiger partial charge >= 0.3 is 5.97 Å². The van der Waals surface area contributed by atoms with Crippen molar-refractivity contribution in [3.05, 3.63) is 0 Å². The molecule has 1 N–H and O–H groups in total. The van der Waals surface area contributed by atoms with Gasteiger partial charge in [-0.3, -0.25) is 4.79 Å². The average Bonchev–Trinajstić information content (AvgIpc) is 2.42. The van der Waals surface area contributed by atoms with Crippen LogP contribution in [0, 0.1) is 5.41 Å². The molecule has 1 rings (SSSR count). The third-order valence-corrected chi connectivity index (χ3v) is 2.54. The summed E-state index contributed by atoms with van der Waals surface area (Å²) in [4.78, 5) is 10.2. The highest BCUT2D eigenvalue weighted by atomic mass is 32.1. The Morgan fingerprint density at radius 2 is 2.40 bits per heavy atom. The molecule has 0 aromatic heterocycles. The highest BCUT2D eigenvalue weighted by molar-refractivity contribution is 7.80. The fourth-order valence-electron chi connectivity index (χ4n) is 1.00.